The fraction of sp³-hybridized carbons (Fsp3) is 0.543. The molecule has 3 aromatic rings. The molecule has 4 bridgehead atoms. The summed E-state index contributed by atoms with van der Waals surface area (Å²) < 4.78 is 70.5. The Morgan fingerprint density at radius 2 is 1.40 bits per heavy atom. The van der Waals surface area contributed by atoms with Crippen LogP contribution in [0.3, 0.4) is 0 Å². The van der Waals surface area contributed by atoms with Crippen LogP contribution in [0.2, 0.25) is 0 Å². The van der Waals surface area contributed by atoms with Crippen molar-refractivity contribution in [3.63, 3.8) is 0 Å². The molecular formula is C35H40O6S2. The van der Waals surface area contributed by atoms with E-state index in [-0.39, 0.29) is 22.5 Å². The first-order valence-electron chi connectivity index (χ1n) is 16.3. The molecule has 0 spiro atoms. The largest absolute Gasteiger partial charge is 0.379 e. The third-order valence-electron chi connectivity index (χ3n) is 11.7. The van der Waals surface area contributed by atoms with Crippen LogP contribution in [-0.4, -0.2) is 21.4 Å². The third-order valence-corrected chi connectivity index (χ3v) is 14.0. The average molecular weight is 621 g/mol. The molecule has 5 aliphatic carbocycles. The van der Waals surface area contributed by atoms with Gasteiger partial charge in [0.1, 0.15) is 10.6 Å². The zero-order valence-electron chi connectivity index (χ0n) is 24.5. The van der Waals surface area contributed by atoms with Crippen molar-refractivity contribution in [3.8, 4) is 5.75 Å². The van der Waals surface area contributed by atoms with E-state index in [9.17, 15) is 21.4 Å². The normalized spacial score (nSPS) is 30.1. The van der Waals surface area contributed by atoms with Gasteiger partial charge in [-0.05, 0) is 145 Å². The fourth-order valence-electron chi connectivity index (χ4n) is 9.98. The number of hydrogen-bond donors (Lipinski definition) is 1. The molecule has 6 atom stereocenters. The van der Waals surface area contributed by atoms with Gasteiger partial charge in [0.25, 0.3) is 10.1 Å². The van der Waals surface area contributed by atoms with Gasteiger partial charge in [0.05, 0.1) is 4.90 Å². The third kappa shape index (κ3) is 4.74. The molecular weight excluding hydrogens is 581 g/mol. The predicted octanol–water partition coefficient (Wildman–Crippen LogP) is 7.93. The monoisotopic (exact) mass is 620 g/mol. The minimum atomic E-state index is -4.45. The molecule has 4 saturated carbocycles. The van der Waals surface area contributed by atoms with Crippen LogP contribution in [0.25, 0.3) is 10.8 Å². The molecule has 228 valence electrons. The summed E-state index contributed by atoms with van der Waals surface area (Å²) in [4.78, 5) is 0.257. The predicted molar refractivity (Wildman–Crippen MR) is 166 cm³/mol. The van der Waals surface area contributed by atoms with Crippen molar-refractivity contribution in [1.29, 1.82) is 0 Å². The molecule has 6 unspecified atom stereocenters. The van der Waals surface area contributed by atoms with Gasteiger partial charge in [-0.3, -0.25) is 4.55 Å². The van der Waals surface area contributed by atoms with Gasteiger partial charge < -0.3 is 4.18 Å². The van der Waals surface area contributed by atoms with Crippen LogP contribution in [0.1, 0.15) is 105 Å². The topological polar surface area (TPSA) is 97.7 Å². The van der Waals surface area contributed by atoms with Crippen LogP contribution in [0, 0.1) is 23.7 Å². The summed E-state index contributed by atoms with van der Waals surface area (Å²) in [5.74, 6) is 2.90. The van der Waals surface area contributed by atoms with E-state index in [1.807, 2.05) is 12.1 Å². The van der Waals surface area contributed by atoms with E-state index in [4.69, 9.17) is 4.18 Å². The highest BCUT2D eigenvalue weighted by atomic mass is 32.2. The summed E-state index contributed by atoms with van der Waals surface area (Å²) in [7, 11) is -8.73. The quantitative estimate of drug-likeness (QED) is 0.171. The van der Waals surface area contributed by atoms with Gasteiger partial charge in [0, 0.05) is 5.56 Å². The lowest BCUT2D eigenvalue weighted by atomic mass is 9.77. The molecule has 0 amide bonds. The van der Waals surface area contributed by atoms with Crippen molar-refractivity contribution in [3.05, 3.63) is 64.7 Å². The van der Waals surface area contributed by atoms with Crippen molar-refractivity contribution in [1.82, 2.24) is 0 Å². The van der Waals surface area contributed by atoms with E-state index in [1.54, 1.807) is 0 Å². The molecule has 3 aromatic carbocycles. The molecule has 0 aromatic heterocycles. The molecule has 43 heavy (non-hydrogen) atoms. The molecule has 6 nitrogen and oxygen atoms in total. The van der Waals surface area contributed by atoms with Crippen LogP contribution in [-0.2, 0) is 33.1 Å². The zero-order chi connectivity index (χ0) is 29.5. The van der Waals surface area contributed by atoms with Crippen LogP contribution in [0.15, 0.2) is 52.3 Å². The highest BCUT2D eigenvalue weighted by Crippen LogP contribution is 2.59. The summed E-state index contributed by atoms with van der Waals surface area (Å²) in [6.07, 6.45) is 12.6. The van der Waals surface area contributed by atoms with E-state index in [1.165, 1.54) is 37.8 Å². The smallest absolute Gasteiger partial charge is 0.339 e. The highest BCUT2D eigenvalue weighted by Gasteiger charge is 2.47. The molecule has 8 heteroatoms. The molecule has 1 N–H and O–H groups in total. The van der Waals surface area contributed by atoms with E-state index in [2.05, 4.69) is 18.2 Å². The van der Waals surface area contributed by atoms with Crippen molar-refractivity contribution in [2.75, 3.05) is 0 Å². The van der Waals surface area contributed by atoms with E-state index >= 15 is 0 Å². The maximum absolute atomic E-state index is 14.9. The Hall–Kier alpha value is -2.42. The van der Waals surface area contributed by atoms with Gasteiger partial charge in [0.15, 0.2) is 0 Å². The van der Waals surface area contributed by atoms with Crippen molar-refractivity contribution in [2.24, 2.45) is 23.7 Å². The lowest BCUT2D eigenvalue weighted by Crippen LogP contribution is -2.22. The van der Waals surface area contributed by atoms with Gasteiger partial charge in [-0.25, -0.2) is 0 Å². The second-order valence-corrected chi connectivity index (χ2v) is 17.0. The first-order valence-corrected chi connectivity index (χ1v) is 19.1. The number of rotatable bonds is 6. The Kier molecular flexibility index (Phi) is 6.73. The second kappa shape index (κ2) is 10.3. The molecule has 8 rings (SSSR count). The Morgan fingerprint density at radius 3 is 2.05 bits per heavy atom. The first kappa shape index (κ1) is 28.1. The molecule has 0 heterocycles. The lowest BCUT2D eigenvalue weighted by molar-refractivity contribution is 0.400. The molecule has 0 saturated heterocycles. The molecule has 5 aliphatic rings. The standard InChI is InChI=1S/C35H40O6S2/c36-42(37,38)33-15-14-32(27-8-2-1-3-9-28(27)33)41-43(39,40)35-31(29-18-21-10-12-24(29)16-21)20-23-6-4-5-7-26(23)34(35)30-19-22-11-13-25(30)17-22/h4-7,14-15,20-22,24-25,29-30H,1-3,8-13,16-19H2,(H,36,37,38). The first-order chi connectivity index (χ1) is 20.7. The molecule has 0 radical (unpaired) electrons. The molecule has 4 fully saturated rings. The van der Waals surface area contributed by atoms with Crippen molar-refractivity contribution >= 4 is 31.0 Å². The van der Waals surface area contributed by atoms with Crippen LogP contribution < -0.4 is 4.18 Å². The summed E-state index contributed by atoms with van der Waals surface area (Å²) >= 11 is 0. The van der Waals surface area contributed by atoms with E-state index in [0.29, 0.717) is 52.5 Å². The van der Waals surface area contributed by atoms with Gasteiger partial charge in [0.2, 0.25) is 0 Å². The summed E-state index contributed by atoms with van der Waals surface area (Å²) in [6.45, 7) is 0. The van der Waals surface area contributed by atoms with Crippen LogP contribution in [0.5, 0.6) is 5.75 Å². The van der Waals surface area contributed by atoms with Crippen LogP contribution in [0.4, 0.5) is 0 Å². The van der Waals surface area contributed by atoms with Crippen molar-refractivity contribution in [2.45, 2.75) is 105 Å². The van der Waals surface area contributed by atoms with Gasteiger partial charge in [-0.1, -0.05) is 43.5 Å². The Balaban J connectivity index is 1.33. The second-order valence-electron chi connectivity index (χ2n) is 14.1. The van der Waals surface area contributed by atoms with Gasteiger partial charge >= 0.3 is 10.1 Å². The van der Waals surface area contributed by atoms with E-state index in [0.717, 1.165) is 66.8 Å². The maximum atomic E-state index is 14.9. The van der Waals surface area contributed by atoms with Crippen molar-refractivity contribution < 1.29 is 25.6 Å². The summed E-state index contributed by atoms with van der Waals surface area (Å²) in [5, 5.41) is 2.14. The van der Waals surface area contributed by atoms with E-state index < -0.39 is 20.2 Å². The average Bonchev–Trinajstić information content (AvgIpc) is 3.77. The Morgan fingerprint density at radius 1 is 0.721 bits per heavy atom. The van der Waals surface area contributed by atoms with Crippen LogP contribution >= 0.6 is 0 Å². The number of hydrogen-bond acceptors (Lipinski definition) is 5. The Labute approximate surface area is 255 Å². The highest BCUT2D eigenvalue weighted by molar-refractivity contribution is 7.87. The summed E-state index contributed by atoms with van der Waals surface area (Å²) in [6, 6.07) is 13.2. The minimum Gasteiger partial charge on any atom is -0.379 e. The SMILES string of the molecule is O=S(=O)(O)c1ccc(OS(=O)(=O)c2c(C3CC4CCC3C4)cc3ccccc3c2C2CC3CCC2C3)c2c1CCCCC2. The lowest BCUT2D eigenvalue weighted by Gasteiger charge is -2.31. The minimum absolute atomic E-state index is 0.134. The van der Waals surface area contributed by atoms with Gasteiger partial charge in [-0.15, -0.1) is 0 Å². The Bertz CT molecular complexity index is 1830. The number of benzene rings is 3. The van der Waals surface area contributed by atoms with Gasteiger partial charge in [-0.2, -0.15) is 16.8 Å². The molecule has 0 aliphatic heterocycles. The fourth-order valence-corrected chi connectivity index (χ4v) is 12.3. The summed E-state index contributed by atoms with van der Waals surface area (Å²) in [5.41, 5.74) is 2.99. The maximum Gasteiger partial charge on any atom is 0.339 e. The number of fused-ring (bicyclic) bond motifs is 6. The zero-order valence-corrected chi connectivity index (χ0v) is 26.1.